The standard InChI is InChI=1S/C29H29N5O4/c1-17-10-12-19(13-11-17)27-32-29-30-18(2)25(28(35)31-22-8-6-7-9-24(22)38-5)26(34(29)33-27)21-16-20(36-3)14-15-23(21)37-4/h6-16,26H,1-5H3,(H,31,35)(H,30,32,33). The van der Waals surface area contributed by atoms with Crippen molar-refractivity contribution in [1.82, 2.24) is 14.8 Å². The van der Waals surface area contributed by atoms with Crippen molar-refractivity contribution in [3.8, 4) is 28.6 Å². The molecule has 1 aliphatic rings. The van der Waals surface area contributed by atoms with E-state index in [4.69, 9.17) is 24.3 Å². The second-order valence-electron chi connectivity index (χ2n) is 8.90. The molecule has 0 fully saturated rings. The van der Waals surface area contributed by atoms with Crippen LogP contribution in [-0.4, -0.2) is 42.0 Å². The first-order chi connectivity index (χ1) is 18.4. The summed E-state index contributed by atoms with van der Waals surface area (Å²) in [5.41, 5.74) is 4.37. The Labute approximate surface area is 221 Å². The van der Waals surface area contributed by atoms with E-state index in [-0.39, 0.29) is 5.91 Å². The van der Waals surface area contributed by atoms with Gasteiger partial charge >= 0.3 is 0 Å². The Bertz CT molecular complexity index is 1520. The first kappa shape index (κ1) is 24.9. The predicted octanol–water partition coefficient (Wildman–Crippen LogP) is 5.21. The van der Waals surface area contributed by atoms with E-state index in [2.05, 4.69) is 10.6 Å². The summed E-state index contributed by atoms with van der Waals surface area (Å²) >= 11 is 0. The number of methoxy groups -OCH3 is 3. The minimum Gasteiger partial charge on any atom is -0.497 e. The van der Waals surface area contributed by atoms with E-state index in [1.54, 1.807) is 38.1 Å². The number of nitrogens with one attached hydrogen (secondary N) is 2. The molecule has 5 rings (SSSR count). The smallest absolute Gasteiger partial charge is 0.255 e. The fourth-order valence-corrected chi connectivity index (χ4v) is 4.55. The van der Waals surface area contributed by atoms with Crippen LogP contribution in [0.2, 0.25) is 0 Å². The number of amides is 1. The predicted molar refractivity (Wildman–Crippen MR) is 146 cm³/mol. The maximum atomic E-state index is 13.9. The molecule has 1 amide bonds. The Hall–Kier alpha value is -4.79. The fraction of sp³-hybridized carbons (Fsp3) is 0.207. The Morgan fingerprint density at radius 3 is 2.37 bits per heavy atom. The molecule has 3 aromatic carbocycles. The van der Waals surface area contributed by atoms with Gasteiger partial charge in [-0.2, -0.15) is 4.98 Å². The molecule has 9 nitrogen and oxygen atoms in total. The summed E-state index contributed by atoms with van der Waals surface area (Å²) in [4.78, 5) is 18.7. The number of allylic oxidation sites excluding steroid dienone is 1. The zero-order chi connectivity index (χ0) is 26.8. The highest BCUT2D eigenvalue weighted by Crippen LogP contribution is 2.42. The van der Waals surface area contributed by atoms with Crippen LogP contribution in [0.4, 0.5) is 11.6 Å². The second-order valence-corrected chi connectivity index (χ2v) is 8.90. The zero-order valence-electron chi connectivity index (χ0n) is 21.9. The molecule has 4 aromatic rings. The van der Waals surface area contributed by atoms with Crippen LogP contribution in [0.3, 0.4) is 0 Å². The molecule has 0 saturated carbocycles. The Kier molecular flexibility index (Phi) is 6.74. The molecule has 1 aromatic heterocycles. The number of rotatable bonds is 7. The van der Waals surface area contributed by atoms with E-state index >= 15 is 0 Å². The van der Waals surface area contributed by atoms with E-state index in [1.165, 1.54) is 0 Å². The Morgan fingerprint density at radius 1 is 0.921 bits per heavy atom. The molecule has 0 saturated heterocycles. The van der Waals surface area contributed by atoms with Crippen molar-refractivity contribution in [3.05, 3.63) is 89.1 Å². The third kappa shape index (κ3) is 4.54. The van der Waals surface area contributed by atoms with Crippen LogP contribution in [-0.2, 0) is 4.79 Å². The van der Waals surface area contributed by atoms with Crippen LogP contribution in [0.5, 0.6) is 17.2 Å². The molecule has 194 valence electrons. The fourth-order valence-electron chi connectivity index (χ4n) is 4.55. The molecular formula is C29H29N5O4. The molecule has 1 unspecified atom stereocenters. The van der Waals surface area contributed by atoms with Crippen LogP contribution in [0.1, 0.15) is 24.1 Å². The van der Waals surface area contributed by atoms with E-state index in [0.29, 0.717) is 51.5 Å². The average Bonchev–Trinajstić information content (AvgIpc) is 3.36. The summed E-state index contributed by atoms with van der Waals surface area (Å²) < 4.78 is 18.4. The average molecular weight is 512 g/mol. The van der Waals surface area contributed by atoms with Gasteiger partial charge in [-0.15, -0.1) is 5.10 Å². The highest BCUT2D eigenvalue weighted by atomic mass is 16.5. The highest BCUT2D eigenvalue weighted by Gasteiger charge is 2.36. The first-order valence-corrected chi connectivity index (χ1v) is 12.1. The largest absolute Gasteiger partial charge is 0.497 e. The summed E-state index contributed by atoms with van der Waals surface area (Å²) in [6.45, 7) is 3.88. The number of hydrogen-bond donors (Lipinski definition) is 2. The van der Waals surface area contributed by atoms with E-state index in [0.717, 1.165) is 11.1 Å². The number of carbonyl (C=O) groups excluding carboxylic acids is 1. The topological polar surface area (TPSA) is 99.5 Å². The van der Waals surface area contributed by atoms with Gasteiger partial charge in [-0.3, -0.25) is 4.79 Å². The number of para-hydroxylation sites is 2. The molecule has 0 bridgehead atoms. The molecule has 2 heterocycles. The molecule has 0 radical (unpaired) electrons. The van der Waals surface area contributed by atoms with Crippen LogP contribution in [0, 0.1) is 6.92 Å². The van der Waals surface area contributed by atoms with Gasteiger partial charge < -0.3 is 24.8 Å². The van der Waals surface area contributed by atoms with Gasteiger partial charge in [0.05, 0.1) is 32.6 Å². The summed E-state index contributed by atoms with van der Waals surface area (Å²) in [5, 5.41) is 11.1. The van der Waals surface area contributed by atoms with Crippen molar-refractivity contribution in [2.45, 2.75) is 19.9 Å². The van der Waals surface area contributed by atoms with Crippen LogP contribution >= 0.6 is 0 Å². The molecule has 1 aliphatic heterocycles. The van der Waals surface area contributed by atoms with Crippen molar-refractivity contribution in [1.29, 1.82) is 0 Å². The molecule has 0 spiro atoms. The SMILES string of the molecule is COc1ccc(OC)c(C2C(C(=O)Nc3ccccc3OC)=C(C)Nc3nc(-c4ccc(C)cc4)nn32)c1. The quantitative estimate of drug-likeness (QED) is 0.352. The monoisotopic (exact) mass is 511 g/mol. The van der Waals surface area contributed by atoms with E-state index in [9.17, 15) is 4.79 Å². The van der Waals surface area contributed by atoms with Gasteiger partial charge in [0, 0.05) is 16.8 Å². The Morgan fingerprint density at radius 2 is 1.66 bits per heavy atom. The summed E-state index contributed by atoms with van der Waals surface area (Å²) in [7, 11) is 4.76. The Balaban J connectivity index is 1.66. The second kappa shape index (κ2) is 10.3. The van der Waals surface area contributed by atoms with Gasteiger partial charge in [-0.25, -0.2) is 4.68 Å². The molecule has 38 heavy (non-hydrogen) atoms. The lowest BCUT2D eigenvalue weighted by Gasteiger charge is -2.29. The maximum absolute atomic E-state index is 13.9. The molecule has 2 N–H and O–H groups in total. The number of nitrogens with zero attached hydrogens (tertiary/aromatic N) is 3. The van der Waals surface area contributed by atoms with Crippen molar-refractivity contribution in [2.75, 3.05) is 32.0 Å². The van der Waals surface area contributed by atoms with Crippen molar-refractivity contribution in [3.63, 3.8) is 0 Å². The maximum Gasteiger partial charge on any atom is 0.255 e. The number of hydrogen-bond acceptors (Lipinski definition) is 7. The molecule has 9 heteroatoms. The third-order valence-corrected chi connectivity index (χ3v) is 6.49. The third-order valence-electron chi connectivity index (χ3n) is 6.49. The summed E-state index contributed by atoms with van der Waals surface area (Å²) in [5.74, 6) is 2.52. The summed E-state index contributed by atoms with van der Waals surface area (Å²) in [6.07, 6.45) is 0. The van der Waals surface area contributed by atoms with Crippen molar-refractivity contribution < 1.29 is 19.0 Å². The van der Waals surface area contributed by atoms with E-state index < -0.39 is 6.04 Å². The molecular weight excluding hydrogens is 482 g/mol. The lowest BCUT2D eigenvalue weighted by molar-refractivity contribution is -0.113. The van der Waals surface area contributed by atoms with Gasteiger partial charge in [0.25, 0.3) is 5.91 Å². The minimum absolute atomic E-state index is 0.313. The number of aromatic nitrogens is 3. The van der Waals surface area contributed by atoms with Crippen LogP contribution in [0.25, 0.3) is 11.4 Å². The van der Waals surface area contributed by atoms with Crippen molar-refractivity contribution >= 4 is 17.5 Å². The van der Waals surface area contributed by atoms with Gasteiger partial charge in [0.15, 0.2) is 5.82 Å². The number of benzene rings is 3. The highest BCUT2D eigenvalue weighted by molar-refractivity contribution is 6.06. The number of carbonyl (C=O) groups is 1. The van der Waals surface area contributed by atoms with Gasteiger partial charge in [0.2, 0.25) is 5.95 Å². The number of ether oxygens (including phenoxy) is 3. The number of fused-ring (bicyclic) bond motifs is 1. The van der Waals surface area contributed by atoms with Gasteiger partial charge in [-0.05, 0) is 44.2 Å². The number of anilines is 2. The minimum atomic E-state index is -0.655. The lowest BCUT2D eigenvalue weighted by atomic mass is 9.94. The van der Waals surface area contributed by atoms with Gasteiger partial charge in [-0.1, -0.05) is 42.0 Å². The lowest BCUT2D eigenvalue weighted by Crippen LogP contribution is -2.31. The molecule has 1 atom stereocenters. The summed E-state index contributed by atoms with van der Waals surface area (Å²) in [6, 6.07) is 20.1. The van der Waals surface area contributed by atoms with Crippen molar-refractivity contribution in [2.24, 2.45) is 0 Å². The van der Waals surface area contributed by atoms with Crippen LogP contribution in [0.15, 0.2) is 78.0 Å². The van der Waals surface area contributed by atoms with E-state index in [1.807, 2.05) is 68.4 Å². The first-order valence-electron chi connectivity index (χ1n) is 12.1. The van der Waals surface area contributed by atoms with Crippen LogP contribution < -0.4 is 24.8 Å². The number of aryl methyl sites for hydroxylation is 1. The normalized spacial score (nSPS) is 14.4. The van der Waals surface area contributed by atoms with Gasteiger partial charge in [0.1, 0.15) is 23.3 Å². The zero-order valence-corrected chi connectivity index (χ0v) is 21.9. The molecule has 0 aliphatic carbocycles.